The number of unbranched alkanes of at least 4 members (excludes halogenated alkanes) is 10. The Morgan fingerprint density at radius 3 is 1.98 bits per heavy atom. The molecule has 0 spiro atoms. The average Bonchev–Trinajstić information content (AvgIpc) is 3.10. The van der Waals surface area contributed by atoms with Gasteiger partial charge >= 0.3 is 14.0 Å². The third-order valence-corrected chi connectivity index (χ3v) is 10.5. The number of carbonyl (C=O) groups excluding carboxylic acids is 1. The molecular weight excluding hydrogens is 590 g/mol. The molecule has 2 heterocycles. The molecule has 7 rings (SSSR count). The quantitative estimate of drug-likeness (QED) is 0.0771. The number of hydrogen-bond acceptors (Lipinski definition) is 6. The van der Waals surface area contributed by atoms with Crippen molar-refractivity contribution in [2.75, 3.05) is 15.7 Å². The van der Waals surface area contributed by atoms with Gasteiger partial charge in [0, 0.05) is 38.6 Å². The van der Waals surface area contributed by atoms with E-state index in [1.54, 1.807) is 0 Å². The van der Waals surface area contributed by atoms with Gasteiger partial charge in [0.15, 0.2) is 0 Å². The molecule has 0 saturated heterocycles. The van der Waals surface area contributed by atoms with Crippen molar-refractivity contribution in [3.8, 4) is 0 Å². The van der Waals surface area contributed by atoms with Crippen LogP contribution >= 0.6 is 0 Å². The number of benzene rings is 4. The number of ketones is 1. The minimum absolute atomic E-state index is 0.0551. The Labute approximate surface area is 285 Å². The minimum atomic E-state index is -0.123. The van der Waals surface area contributed by atoms with Crippen LogP contribution in [0.15, 0.2) is 71.3 Å². The van der Waals surface area contributed by atoms with Gasteiger partial charge in [-0.05, 0) is 35.5 Å². The first-order valence-corrected chi connectivity index (χ1v) is 18.6. The second-order valence-corrected chi connectivity index (χ2v) is 13.9. The number of carbonyl (C=O) groups is 1. The zero-order valence-corrected chi connectivity index (χ0v) is 28.6. The molecule has 0 atom stereocenters. The van der Waals surface area contributed by atoms with E-state index in [2.05, 4.69) is 72.0 Å². The van der Waals surface area contributed by atoms with Gasteiger partial charge in [-0.15, -0.1) is 0 Å². The van der Waals surface area contributed by atoms with Crippen molar-refractivity contribution in [1.82, 2.24) is 0 Å². The molecule has 0 amide bonds. The predicted molar refractivity (Wildman–Crippen MR) is 205 cm³/mol. The summed E-state index contributed by atoms with van der Waals surface area (Å²) in [5.41, 5.74) is 4.59. The lowest BCUT2D eigenvalue weighted by Crippen LogP contribution is -2.41. The summed E-state index contributed by atoms with van der Waals surface area (Å²) in [5.74, 6) is -0.0575. The van der Waals surface area contributed by atoms with Crippen LogP contribution in [-0.2, 0) is 4.79 Å². The van der Waals surface area contributed by atoms with Crippen LogP contribution < -0.4 is 26.3 Å². The molecule has 8 heteroatoms. The fraction of sp³-hybridized carbons (Fsp3) is 0.400. The number of anilines is 3. The van der Waals surface area contributed by atoms with Crippen LogP contribution in [0.4, 0.5) is 17.1 Å². The Hall–Kier alpha value is -4.19. The van der Waals surface area contributed by atoms with Crippen LogP contribution in [0.1, 0.15) is 96.5 Å². The zero-order chi connectivity index (χ0) is 33.0. The number of aliphatic hydroxyl groups is 1. The van der Waals surface area contributed by atoms with E-state index < -0.39 is 0 Å². The normalized spacial score (nSPS) is 16.1. The molecule has 3 aliphatic rings. The summed E-state index contributed by atoms with van der Waals surface area (Å²) < 4.78 is 0. The summed E-state index contributed by atoms with van der Waals surface area (Å²) in [4.78, 5) is 19.4. The lowest BCUT2D eigenvalue weighted by atomic mass is 9.67. The molecule has 4 aromatic rings. The second-order valence-electron chi connectivity index (χ2n) is 13.9. The third-order valence-electron chi connectivity index (χ3n) is 10.5. The van der Waals surface area contributed by atoms with Crippen molar-refractivity contribution >= 4 is 69.5 Å². The van der Waals surface area contributed by atoms with Crippen molar-refractivity contribution in [3.05, 3.63) is 82.6 Å². The van der Waals surface area contributed by atoms with E-state index in [0.29, 0.717) is 11.1 Å². The van der Waals surface area contributed by atoms with Gasteiger partial charge in [-0.3, -0.25) is 4.79 Å². The van der Waals surface area contributed by atoms with Gasteiger partial charge in [0.1, 0.15) is 5.76 Å². The molecule has 1 aliphatic carbocycles. The van der Waals surface area contributed by atoms with Gasteiger partial charge < -0.3 is 25.7 Å². The van der Waals surface area contributed by atoms with Crippen LogP contribution in [0.2, 0.25) is 12.6 Å². The maximum Gasteiger partial charge on any atom is 0.392 e. The number of hydrogen-bond donors (Lipinski definition) is 4. The van der Waals surface area contributed by atoms with Crippen LogP contribution in [-0.4, -0.2) is 24.9 Å². The number of aliphatic hydroxyl groups excluding tert-OH is 1. The van der Waals surface area contributed by atoms with E-state index >= 15 is 0 Å². The lowest BCUT2D eigenvalue weighted by molar-refractivity contribution is -0.109. The molecular formula is C40H48B2N4O2. The number of nitrogens with one attached hydrogen (secondary N) is 3. The van der Waals surface area contributed by atoms with Gasteiger partial charge in [0.2, 0.25) is 5.78 Å². The highest BCUT2D eigenvalue weighted by atomic mass is 16.3. The summed E-state index contributed by atoms with van der Waals surface area (Å²) in [6, 6.07) is 20.6. The Morgan fingerprint density at radius 2 is 1.27 bits per heavy atom. The Kier molecular flexibility index (Phi) is 9.78. The summed E-state index contributed by atoms with van der Waals surface area (Å²) in [6.45, 7) is 4.51. The zero-order valence-electron chi connectivity index (χ0n) is 28.6. The molecule has 48 heavy (non-hydrogen) atoms. The van der Waals surface area contributed by atoms with E-state index in [0.717, 1.165) is 80.2 Å². The number of nitrogens with zero attached hydrogens (tertiary/aromatic N) is 1. The van der Waals surface area contributed by atoms with E-state index in [1.807, 2.05) is 18.2 Å². The molecule has 0 radical (unpaired) electrons. The molecule has 6 nitrogen and oxygen atoms in total. The largest absolute Gasteiger partial charge is 0.506 e. The smallest absolute Gasteiger partial charge is 0.392 e. The van der Waals surface area contributed by atoms with Crippen molar-refractivity contribution < 1.29 is 9.90 Å². The monoisotopic (exact) mass is 638 g/mol. The van der Waals surface area contributed by atoms with Gasteiger partial charge in [-0.1, -0.05) is 139 Å². The first-order valence-electron chi connectivity index (χ1n) is 18.6. The summed E-state index contributed by atoms with van der Waals surface area (Å²) in [7, 11) is 0. The van der Waals surface area contributed by atoms with Gasteiger partial charge in [0.25, 0.3) is 0 Å². The van der Waals surface area contributed by atoms with Crippen molar-refractivity contribution in [2.24, 2.45) is 4.90 Å². The SMILES string of the molecule is CCCCCCCCB1N=c2/c(=C3/C(=O)C(c4ccc5cccc6c5c4NB(CCCCCCCC)N6)=C3O)ccc3cccc(c23)N1. The van der Waals surface area contributed by atoms with Gasteiger partial charge in [-0.25, -0.2) is 0 Å². The molecule has 0 aromatic heterocycles. The van der Waals surface area contributed by atoms with E-state index in [9.17, 15) is 9.90 Å². The topological polar surface area (TPSA) is 85.8 Å². The van der Waals surface area contributed by atoms with Gasteiger partial charge in [-0.2, -0.15) is 0 Å². The predicted octanol–water partition coefficient (Wildman–Crippen LogP) is 9.28. The maximum absolute atomic E-state index is 14.2. The first-order chi connectivity index (χ1) is 23.6. The summed E-state index contributed by atoms with van der Waals surface area (Å²) >= 11 is 0. The Morgan fingerprint density at radius 1 is 0.646 bits per heavy atom. The maximum atomic E-state index is 14.2. The minimum Gasteiger partial charge on any atom is -0.506 e. The van der Waals surface area contributed by atoms with E-state index in [-0.39, 0.29) is 25.5 Å². The standard InChI is InChI=1S/C40H48B2N4O2/c1-3-5-7-9-11-13-25-41-43-31-19-15-17-27-21-23-29(37(45-41)33(27)31)35-39(47)36(40(35)48)30-24-22-28-18-16-20-32-34(28)38(30)46-42(44-32)26-14-12-10-8-6-4-2/h15-24,43-45,47H,3-14,25-26H2,1-2H3/b36-30+. The second kappa shape index (κ2) is 14.5. The van der Waals surface area contributed by atoms with Crippen LogP contribution in [0.3, 0.4) is 0 Å². The average molecular weight is 638 g/mol. The summed E-state index contributed by atoms with van der Waals surface area (Å²) in [5, 5.41) is 28.6. The fourth-order valence-corrected chi connectivity index (χ4v) is 7.87. The molecule has 0 saturated carbocycles. The Balaban J connectivity index is 1.23. The van der Waals surface area contributed by atoms with Crippen LogP contribution in [0, 0.1) is 0 Å². The van der Waals surface area contributed by atoms with Crippen LogP contribution in [0.25, 0.3) is 32.7 Å². The van der Waals surface area contributed by atoms with Gasteiger partial charge in [0.05, 0.1) is 16.5 Å². The highest BCUT2D eigenvalue weighted by Gasteiger charge is 2.39. The highest BCUT2D eigenvalue weighted by Crippen LogP contribution is 2.45. The Bertz CT molecular complexity index is 2010. The molecule has 0 fully saturated rings. The molecule has 4 aromatic carbocycles. The van der Waals surface area contributed by atoms with E-state index in [1.165, 1.54) is 64.2 Å². The van der Waals surface area contributed by atoms with Crippen molar-refractivity contribution in [1.29, 1.82) is 0 Å². The van der Waals surface area contributed by atoms with Crippen molar-refractivity contribution in [2.45, 2.75) is 104 Å². The highest BCUT2D eigenvalue weighted by molar-refractivity contribution is 6.68. The van der Waals surface area contributed by atoms with E-state index in [4.69, 9.17) is 4.90 Å². The number of allylic oxidation sites excluding steroid dienone is 2. The first kappa shape index (κ1) is 32.4. The molecule has 0 unspecified atom stereocenters. The van der Waals surface area contributed by atoms with Crippen LogP contribution in [0.5, 0.6) is 0 Å². The fourth-order valence-electron chi connectivity index (χ4n) is 7.87. The number of rotatable bonds is 15. The third kappa shape index (κ3) is 6.22. The number of Topliss-reactive ketones (excluding diaryl/α,β-unsaturated/α-hetero) is 1. The molecule has 246 valence electrons. The lowest BCUT2D eigenvalue weighted by Gasteiger charge is -2.31. The molecule has 0 bridgehead atoms. The summed E-state index contributed by atoms with van der Waals surface area (Å²) in [6.07, 6.45) is 16.8. The molecule has 4 N–H and O–H groups in total. The van der Waals surface area contributed by atoms with Crippen molar-refractivity contribution in [3.63, 3.8) is 0 Å². The molecule has 2 aliphatic heterocycles.